The van der Waals surface area contributed by atoms with Crippen molar-refractivity contribution in [1.82, 2.24) is 5.32 Å². The van der Waals surface area contributed by atoms with Gasteiger partial charge < -0.3 is 14.6 Å². The molecule has 1 heterocycles. The van der Waals surface area contributed by atoms with Crippen LogP contribution in [0.1, 0.15) is 24.2 Å². The van der Waals surface area contributed by atoms with E-state index in [9.17, 15) is 0 Å². The Morgan fingerprint density at radius 1 is 1.35 bits per heavy atom. The fourth-order valence-electron chi connectivity index (χ4n) is 2.44. The van der Waals surface area contributed by atoms with Crippen molar-refractivity contribution in [2.75, 3.05) is 11.9 Å². The van der Waals surface area contributed by atoms with Gasteiger partial charge in [0.05, 0.1) is 12.8 Å². The maximum Gasteiger partial charge on any atom is 0.123 e. The Bertz CT molecular complexity index is 564. The summed E-state index contributed by atoms with van der Waals surface area (Å²) in [6, 6.07) is 10.9. The standard InChI is InChI=1S/C16H19ClN2O/c1-18-10-12-4-5-14(9-16(12)17)19(13-6-7-13)11-15-3-2-8-20-15/h2-5,8-9,13,18H,6-7,10-11H2,1H3. The van der Waals surface area contributed by atoms with Crippen molar-refractivity contribution >= 4 is 17.3 Å². The van der Waals surface area contributed by atoms with Crippen LogP contribution < -0.4 is 10.2 Å². The van der Waals surface area contributed by atoms with E-state index in [0.29, 0.717) is 6.04 Å². The van der Waals surface area contributed by atoms with Gasteiger partial charge in [-0.2, -0.15) is 0 Å². The molecule has 3 rings (SSSR count). The first-order valence-electron chi connectivity index (χ1n) is 7.00. The fraction of sp³-hybridized carbons (Fsp3) is 0.375. The van der Waals surface area contributed by atoms with Crippen LogP contribution in [0.25, 0.3) is 0 Å². The summed E-state index contributed by atoms with van der Waals surface area (Å²) >= 11 is 6.37. The Morgan fingerprint density at radius 2 is 2.20 bits per heavy atom. The first-order valence-corrected chi connectivity index (χ1v) is 7.38. The molecule has 0 spiro atoms. The normalized spacial score (nSPS) is 14.5. The molecule has 0 unspecified atom stereocenters. The summed E-state index contributed by atoms with van der Waals surface area (Å²) in [5, 5.41) is 3.95. The second-order valence-corrected chi connectivity index (χ2v) is 5.65. The molecule has 1 N–H and O–H groups in total. The lowest BCUT2D eigenvalue weighted by Crippen LogP contribution is -2.24. The van der Waals surface area contributed by atoms with Crippen molar-refractivity contribution in [3.8, 4) is 0 Å². The monoisotopic (exact) mass is 290 g/mol. The predicted octanol–water partition coefficient (Wildman–Crippen LogP) is 3.82. The molecule has 0 atom stereocenters. The minimum Gasteiger partial charge on any atom is -0.467 e. The highest BCUT2D eigenvalue weighted by molar-refractivity contribution is 6.31. The summed E-state index contributed by atoms with van der Waals surface area (Å²) < 4.78 is 5.47. The molecule has 1 fully saturated rings. The second kappa shape index (κ2) is 5.90. The van der Waals surface area contributed by atoms with Gasteiger partial charge in [0.1, 0.15) is 5.76 Å². The number of hydrogen-bond donors (Lipinski definition) is 1. The van der Waals surface area contributed by atoms with Crippen LogP contribution in [-0.4, -0.2) is 13.1 Å². The van der Waals surface area contributed by atoms with Gasteiger partial charge in [-0.3, -0.25) is 0 Å². The van der Waals surface area contributed by atoms with Gasteiger partial charge in [-0.05, 0) is 49.7 Å². The minimum absolute atomic E-state index is 0.617. The van der Waals surface area contributed by atoms with Crippen LogP contribution in [-0.2, 0) is 13.1 Å². The third-order valence-electron chi connectivity index (χ3n) is 3.63. The molecule has 1 aromatic carbocycles. The topological polar surface area (TPSA) is 28.4 Å². The van der Waals surface area contributed by atoms with Gasteiger partial charge in [0.15, 0.2) is 0 Å². The van der Waals surface area contributed by atoms with E-state index in [-0.39, 0.29) is 0 Å². The average Bonchev–Trinajstić information content (AvgIpc) is 3.15. The first-order chi connectivity index (χ1) is 9.78. The molecular weight excluding hydrogens is 272 g/mol. The maximum absolute atomic E-state index is 6.37. The highest BCUT2D eigenvalue weighted by Crippen LogP contribution is 2.35. The minimum atomic E-state index is 0.617. The maximum atomic E-state index is 6.37. The molecular formula is C16H19ClN2O. The van der Waals surface area contributed by atoms with E-state index in [2.05, 4.69) is 28.4 Å². The van der Waals surface area contributed by atoms with Crippen molar-refractivity contribution in [2.24, 2.45) is 0 Å². The van der Waals surface area contributed by atoms with E-state index in [1.54, 1.807) is 6.26 Å². The molecule has 0 radical (unpaired) electrons. The van der Waals surface area contributed by atoms with Gasteiger partial charge in [0.2, 0.25) is 0 Å². The lowest BCUT2D eigenvalue weighted by atomic mass is 10.2. The number of hydrogen-bond acceptors (Lipinski definition) is 3. The molecule has 1 aliphatic rings. The van der Waals surface area contributed by atoms with Crippen molar-refractivity contribution in [3.05, 3.63) is 52.9 Å². The number of furan rings is 1. The lowest BCUT2D eigenvalue weighted by molar-refractivity contribution is 0.501. The zero-order valence-corrected chi connectivity index (χ0v) is 12.4. The zero-order chi connectivity index (χ0) is 13.9. The third-order valence-corrected chi connectivity index (χ3v) is 3.98. The molecule has 3 nitrogen and oxygen atoms in total. The zero-order valence-electron chi connectivity index (χ0n) is 11.6. The van der Waals surface area contributed by atoms with E-state index in [4.69, 9.17) is 16.0 Å². The van der Waals surface area contributed by atoms with Crippen molar-refractivity contribution < 1.29 is 4.42 Å². The first kappa shape index (κ1) is 13.5. The molecule has 0 bridgehead atoms. The van der Waals surface area contributed by atoms with Gasteiger partial charge >= 0.3 is 0 Å². The molecule has 1 aliphatic carbocycles. The summed E-state index contributed by atoms with van der Waals surface area (Å²) in [5.74, 6) is 0.993. The number of anilines is 1. The Morgan fingerprint density at radius 3 is 2.80 bits per heavy atom. The molecule has 2 aromatic rings. The van der Waals surface area contributed by atoms with Crippen molar-refractivity contribution in [3.63, 3.8) is 0 Å². The lowest BCUT2D eigenvalue weighted by Gasteiger charge is -2.24. The largest absolute Gasteiger partial charge is 0.467 e. The Kier molecular flexibility index (Phi) is 3.99. The fourth-order valence-corrected chi connectivity index (χ4v) is 2.68. The van der Waals surface area contributed by atoms with Crippen LogP contribution >= 0.6 is 11.6 Å². The average molecular weight is 291 g/mol. The molecule has 1 aromatic heterocycles. The number of halogens is 1. The van der Waals surface area contributed by atoms with Gasteiger partial charge in [-0.15, -0.1) is 0 Å². The Hall–Kier alpha value is -1.45. The molecule has 1 saturated carbocycles. The van der Waals surface area contributed by atoms with Gasteiger partial charge in [0.25, 0.3) is 0 Å². The number of rotatable bonds is 6. The van der Waals surface area contributed by atoms with E-state index >= 15 is 0 Å². The molecule has 0 amide bonds. The van der Waals surface area contributed by atoms with Gasteiger partial charge in [-0.25, -0.2) is 0 Å². The number of nitrogens with one attached hydrogen (secondary N) is 1. The van der Waals surface area contributed by atoms with Crippen molar-refractivity contribution in [1.29, 1.82) is 0 Å². The van der Waals surface area contributed by atoms with E-state index in [0.717, 1.165) is 29.4 Å². The molecule has 0 aliphatic heterocycles. The summed E-state index contributed by atoms with van der Waals surface area (Å²) in [6.45, 7) is 1.60. The van der Waals surface area contributed by atoms with Crippen LogP contribution in [0, 0.1) is 0 Å². The van der Waals surface area contributed by atoms with Gasteiger partial charge in [-0.1, -0.05) is 17.7 Å². The summed E-state index contributed by atoms with van der Waals surface area (Å²) in [7, 11) is 1.93. The summed E-state index contributed by atoms with van der Waals surface area (Å²) in [6.07, 6.45) is 4.22. The quantitative estimate of drug-likeness (QED) is 0.877. The molecule has 106 valence electrons. The summed E-state index contributed by atoms with van der Waals surface area (Å²) in [5.41, 5.74) is 2.31. The molecule has 4 heteroatoms. The molecule has 0 saturated heterocycles. The second-order valence-electron chi connectivity index (χ2n) is 5.24. The van der Waals surface area contributed by atoms with Crippen LogP contribution in [0.15, 0.2) is 41.0 Å². The number of nitrogens with zero attached hydrogens (tertiary/aromatic N) is 1. The molecule has 20 heavy (non-hydrogen) atoms. The highest BCUT2D eigenvalue weighted by atomic mass is 35.5. The van der Waals surface area contributed by atoms with Gasteiger partial charge in [0, 0.05) is 23.3 Å². The third kappa shape index (κ3) is 3.00. The number of benzene rings is 1. The Labute approximate surface area is 124 Å². The van der Waals surface area contributed by atoms with E-state index < -0.39 is 0 Å². The van der Waals surface area contributed by atoms with Crippen LogP contribution in [0.4, 0.5) is 5.69 Å². The van der Waals surface area contributed by atoms with Crippen molar-refractivity contribution in [2.45, 2.75) is 32.0 Å². The van der Waals surface area contributed by atoms with Crippen LogP contribution in [0.2, 0.25) is 5.02 Å². The van der Waals surface area contributed by atoms with Crippen LogP contribution in [0.3, 0.4) is 0 Å². The Balaban J connectivity index is 1.82. The smallest absolute Gasteiger partial charge is 0.123 e. The predicted molar refractivity (Wildman–Crippen MR) is 82.1 cm³/mol. The SMILES string of the molecule is CNCc1ccc(N(Cc2ccco2)C2CC2)cc1Cl. The van der Waals surface area contributed by atoms with E-state index in [1.165, 1.54) is 18.5 Å². The summed E-state index contributed by atoms with van der Waals surface area (Å²) in [4.78, 5) is 2.38. The van der Waals surface area contributed by atoms with Crippen LogP contribution in [0.5, 0.6) is 0 Å². The van der Waals surface area contributed by atoms with E-state index in [1.807, 2.05) is 19.2 Å². The highest BCUT2D eigenvalue weighted by Gasteiger charge is 2.30.